The van der Waals surface area contributed by atoms with Gasteiger partial charge in [-0.2, -0.15) is 0 Å². The summed E-state index contributed by atoms with van der Waals surface area (Å²) in [5, 5.41) is 1.04. The number of carbonyl (C=O) groups is 1. The van der Waals surface area contributed by atoms with Gasteiger partial charge in [-0.05, 0) is 56.9 Å². The van der Waals surface area contributed by atoms with Crippen molar-refractivity contribution in [2.24, 2.45) is 0 Å². The SMILES string of the molecule is CCOc1ccc(C(=O)CCc2sc(-c3ccc(C)cc3)nc2C(C)C)cc1C. The summed E-state index contributed by atoms with van der Waals surface area (Å²) in [6.07, 6.45) is 1.21. The number of hydrogen-bond donors (Lipinski definition) is 0. The zero-order valence-corrected chi connectivity index (χ0v) is 18.7. The van der Waals surface area contributed by atoms with Crippen molar-refractivity contribution in [2.45, 2.75) is 53.4 Å². The van der Waals surface area contributed by atoms with Gasteiger partial charge >= 0.3 is 0 Å². The lowest BCUT2D eigenvalue weighted by Gasteiger charge is -2.09. The number of Topliss-reactive ketones (excluding diaryl/α,β-unsaturated/α-hetero) is 1. The van der Waals surface area contributed by atoms with Gasteiger partial charge in [-0.1, -0.05) is 43.7 Å². The first-order valence-electron chi connectivity index (χ1n) is 10.2. The highest BCUT2D eigenvalue weighted by Crippen LogP contribution is 2.33. The summed E-state index contributed by atoms with van der Waals surface area (Å²) in [4.78, 5) is 18.9. The van der Waals surface area contributed by atoms with E-state index < -0.39 is 0 Å². The predicted molar refractivity (Wildman–Crippen MR) is 121 cm³/mol. The van der Waals surface area contributed by atoms with Gasteiger partial charge in [0.1, 0.15) is 10.8 Å². The van der Waals surface area contributed by atoms with E-state index >= 15 is 0 Å². The number of aryl methyl sites for hydroxylation is 3. The fourth-order valence-corrected chi connectivity index (χ4v) is 4.55. The molecule has 0 fully saturated rings. The Hall–Kier alpha value is -2.46. The van der Waals surface area contributed by atoms with Crippen molar-refractivity contribution < 1.29 is 9.53 Å². The van der Waals surface area contributed by atoms with Gasteiger partial charge < -0.3 is 4.74 Å². The molecular formula is C25H29NO2S. The number of benzene rings is 2. The monoisotopic (exact) mass is 407 g/mol. The Kier molecular flexibility index (Phi) is 6.86. The molecule has 0 bridgehead atoms. The van der Waals surface area contributed by atoms with Crippen LogP contribution in [0.1, 0.15) is 65.2 Å². The van der Waals surface area contributed by atoms with E-state index in [0.29, 0.717) is 18.9 Å². The van der Waals surface area contributed by atoms with Gasteiger partial charge in [-0.25, -0.2) is 4.98 Å². The van der Waals surface area contributed by atoms with E-state index in [2.05, 4.69) is 45.0 Å². The van der Waals surface area contributed by atoms with Gasteiger partial charge in [-0.15, -0.1) is 11.3 Å². The van der Waals surface area contributed by atoms with E-state index in [1.807, 2.05) is 32.0 Å². The van der Waals surface area contributed by atoms with Crippen LogP contribution in [-0.4, -0.2) is 17.4 Å². The molecule has 3 aromatic rings. The number of rotatable bonds is 8. The minimum absolute atomic E-state index is 0.163. The Bertz CT molecular complexity index is 987. The molecule has 0 atom stereocenters. The Balaban J connectivity index is 1.76. The molecule has 1 heterocycles. The number of nitrogens with zero attached hydrogens (tertiary/aromatic N) is 1. The largest absolute Gasteiger partial charge is 0.494 e. The van der Waals surface area contributed by atoms with Crippen molar-refractivity contribution in [1.29, 1.82) is 0 Å². The summed E-state index contributed by atoms with van der Waals surface area (Å²) in [6, 6.07) is 14.2. The normalized spacial score (nSPS) is 11.1. The standard InChI is InChI=1S/C25H29NO2S/c1-6-28-22-13-11-20(15-18(22)5)21(27)12-14-23-24(16(2)3)26-25(29-23)19-9-7-17(4)8-10-19/h7-11,13,15-16H,6,12,14H2,1-5H3. The lowest BCUT2D eigenvalue weighted by atomic mass is 10.0. The van der Waals surface area contributed by atoms with Crippen LogP contribution in [0, 0.1) is 13.8 Å². The van der Waals surface area contributed by atoms with E-state index in [-0.39, 0.29) is 5.78 Å². The minimum atomic E-state index is 0.163. The fraction of sp³-hybridized carbons (Fsp3) is 0.360. The number of hydrogen-bond acceptors (Lipinski definition) is 4. The lowest BCUT2D eigenvalue weighted by molar-refractivity contribution is 0.0983. The van der Waals surface area contributed by atoms with Crippen LogP contribution in [0.3, 0.4) is 0 Å². The number of ether oxygens (including phenoxy) is 1. The van der Waals surface area contributed by atoms with Crippen molar-refractivity contribution in [3.05, 3.63) is 69.7 Å². The third kappa shape index (κ3) is 5.13. The number of carbonyl (C=O) groups excluding carboxylic acids is 1. The van der Waals surface area contributed by atoms with E-state index in [1.54, 1.807) is 11.3 Å². The first-order valence-corrected chi connectivity index (χ1v) is 11.0. The zero-order chi connectivity index (χ0) is 21.0. The third-order valence-electron chi connectivity index (χ3n) is 4.95. The second kappa shape index (κ2) is 9.36. The second-order valence-corrected chi connectivity index (χ2v) is 8.77. The first-order chi connectivity index (χ1) is 13.9. The molecule has 0 N–H and O–H groups in total. The Morgan fingerprint density at radius 3 is 2.45 bits per heavy atom. The van der Waals surface area contributed by atoms with Gasteiger partial charge in [0.25, 0.3) is 0 Å². The number of thiazole rings is 1. The van der Waals surface area contributed by atoms with Crippen molar-refractivity contribution in [2.75, 3.05) is 6.61 Å². The van der Waals surface area contributed by atoms with Crippen molar-refractivity contribution in [3.8, 4) is 16.3 Å². The van der Waals surface area contributed by atoms with Gasteiger partial charge in [0.15, 0.2) is 5.78 Å². The molecule has 1 aromatic heterocycles. The molecule has 0 saturated heterocycles. The molecule has 29 heavy (non-hydrogen) atoms. The molecule has 4 heteroatoms. The van der Waals surface area contributed by atoms with Gasteiger partial charge in [0.2, 0.25) is 0 Å². The molecule has 0 amide bonds. The maximum atomic E-state index is 12.8. The molecule has 0 unspecified atom stereocenters. The van der Waals surface area contributed by atoms with Crippen LogP contribution in [-0.2, 0) is 6.42 Å². The molecule has 0 aliphatic heterocycles. The molecule has 0 saturated carbocycles. The molecule has 152 valence electrons. The highest BCUT2D eigenvalue weighted by atomic mass is 32.1. The van der Waals surface area contributed by atoms with E-state index in [4.69, 9.17) is 9.72 Å². The summed E-state index contributed by atoms with van der Waals surface area (Å²) in [5.74, 6) is 1.34. The summed E-state index contributed by atoms with van der Waals surface area (Å²) in [6.45, 7) is 11.0. The van der Waals surface area contributed by atoms with Gasteiger partial charge in [0.05, 0.1) is 12.3 Å². The van der Waals surface area contributed by atoms with E-state index in [0.717, 1.165) is 39.6 Å². The van der Waals surface area contributed by atoms with Crippen LogP contribution in [0.4, 0.5) is 0 Å². The maximum absolute atomic E-state index is 12.8. The molecule has 0 spiro atoms. The van der Waals surface area contributed by atoms with Crippen LogP contribution >= 0.6 is 11.3 Å². The lowest BCUT2D eigenvalue weighted by Crippen LogP contribution is -2.03. The van der Waals surface area contributed by atoms with Crippen LogP contribution in [0.2, 0.25) is 0 Å². The summed E-state index contributed by atoms with van der Waals surface area (Å²) < 4.78 is 5.58. The maximum Gasteiger partial charge on any atom is 0.163 e. The van der Waals surface area contributed by atoms with Crippen LogP contribution < -0.4 is 4.74 Å². The van der Waals surface area contributed by atoms with Crippen molar-refractivity contribution in [3.63, 3.8) is 0 Å². The Morgan fingerprint density at radius 1 is 1.10 bits per heavy atom. The quantitative estimate of drug-likeness (QED) is 0.387. The van der Waals surface area contributed by atoms with E-state index in [9.17, 15) is 4.79 Å². The summed E-state index contributed by atoms with van der Waals surface area (Å²) >= 11 is 1.71. The molecule has 0 aliphatic rings. The fourth-order valence-electron chi connectivity index (χ4n) is 3.33. The summed E-state index contributed by atoms with van der Waals surface area (Å²) in [5.41, 5.74) is 5.25. The smallest absolute Gasteiger partial charge is 0.163 e. The van der Waals surface area contributed by atoms with Crippen LogP contribution in [0.5, 0.6) is 5.75 Å². The molecule has 3 nitrogen and oxygen atoms in total. The highest BCUT2D eigenvalue weighted by Gasteiger charge is 2.17. The average molecular weight is 408 g/mol. The second-order valence-electron chi connectivity index (χ2n) is 7.68. The predicted octanol–water partition coefficient (Wildman–Crippen LogP) is 6.76. The van der Waals surface area contributed by atoms with Gasteiger partial charge in [-0.3, -0.25) is 4.79 Å². The van der Waals surface area contributed by atoms with Crippen LogP contribution in [0.25, 0.3) is 10.6 Å². The topological polar surface area (TPSA) is 39.2 Å². The minimum Gasteiger partial charge on any atom is -0.494 e. The van der Waals surface area contributed by atoms with Crippen LogP contribution in [0.15, 0.2) is 42.5 Å². The highest BCUT2D eigenvalue weighted by molar-refractivity contribution is 7.15. The molecule has 0 radical (unpaired) electrons. The van der Waals surface area contributed by atoms with Crippen molar-refractivity contribution in [1.82, 2.24) is 4.98 Å². The van der Waals surface area contributed by atoms with E-state index in [1.165, 1.54) is 10.4 Å². The molecule has 0 aliphatic carbocycles. The third-order valence-corrected chi connectivity index (χ3v) is 6.13. The average Bonchev–Trinajstić information content (AvgIpc) is 3.13. The van der Waals surface area contributed by atoms with Gasteiger partial charge in [0, 0.05) is 22.4 Å². The molecular weight excluding hydrogens is 378 g/mol. The van der Waals surface area contributed by atoms with Crippen molar-refractivity contribution >= 4 is 17.1 Å². The number of ketones is 1. The molecule has 2 aromatic carbocycles. The zero-order valence-electron chi connectivity index (χ0n) is 17.9. The number of aromatic nitrogens is 1. The first kappa shape index (κ1) is 21.3. The summed E-state index contributed by atoms with van der Waals surface area (Å²) in [7, 11) is 0. The Labute approximate surface area is 177 Å². The Morgan fingerprint density at radius 2 is 1.83 bits per heavy atom. The molecule has 3 rings (SSSR count).